The second-order valence-corrected chi connectivity index (χ2v) is 4.07. The molecule has 88 valence electrons. The van der Waals surface area contributed by atoms with Crippen LogP contribution in [-0.4, -0.2) is 29.5 Å². The van der Waals surface area contributed by atoms with E-state index in [2.05, 4.69) is 43.3 Å². The van der Waals surface area contributed by atoms with Gasteiger partial charge in [0.2, 0.25) is 0 Å². The molecule has 0 fully saturated rings. The first-order valence-corrected chi connectivity index (χ1v) is 6.02. The molecule has 1 aromatic heterocycles. The zero-order valence-electron chi connectivity index (χ0n) is 10.6. The molecule has 0 spiro atoms. The Labute approximate surface area is 99.0 Å². The Kier molecular flexibility index (Phi) is 5.20. The van der Waals surface area contributed by atoms with Crippen LogP contribution in [0.3, 0.4) is 0 Å². The minimum Gasteiger partial charge on any atom is -0.303 e. The van der Waals surface area contributed by atoms with Crippen molar-refractivity contribution in [3.63, 3.8) is 0 Å². The predicted molar refractivity (Wildman–Crippen MR) is 70.5 cm³/mol. The van der Waals surface area contributed by atoms with E-state index in [4.69, 9.17) is 0 Å². The summed E-state index contributed by atoms with van der Waals surface area (Å²) in [5.41, 5.74) is 2.31. The molecule has 2 heteroatoms. The van der Waals surface area contributed by atoms with Crippen molar-refractivity contribution in [2.45, 2.75) is 26.7 Å². The molecule has 0 aliphatic rings. The Morgan fingerprint density at radius 1 is 1.44 bits per heavy atom. The molecule has 0 saturated carbocycles. The highest BCUT2D eigenvalue weighted by atomic mass is 15.1. The lowest BCUT2D eigenvalue weighted by Crippen LogP contribution is -2.27. The first-order chi connectivity index (χ1) is 7.72. The number of likely N-dealkylation sites (N-methyl/N-ethyl adjacent to an activating group) is 1. The van der Waals surface area contributed by atoms with Crippen molar-refractivity contribution in [2.24, 2.45) is 0 Å². The molecular formula is C14H22N2. The minimum atomic E-state index is 0.453. The highest BCUT2D eigenvalue weighted by Crippen LogP contribution is 2.19. The molecule has 16 heavy (non-hydrogen) atoms. The van der Waals surface area contributed by atoms with Crippen molar-refractivity contribution < 1.29 is 0 Å². The lowest BCUT2D eigenvalue weighted by atomic mass is 10.0. The fraction of sp³-hybridized carbons (Fsp3) is 0.500. The van der Waals surface area contributed by atoms with Crippen LogP contribution in [0.1, 0.15) is 37.9 Å². The fourth-order valence-electron chi connectivity index (χ4n) is 1.97. The van der Waals surface area contributed by atoms with Gasteiger partial charge in [0.25, 0.3) is 0 Å². The summed E-state index contributed by atoms with van der Waals surface area (Å²) in [4.78, 5) is 6.90. The van der Waals surface area contributed by atoms with Crippen molar-refractivity contribution >= 4 is 6.08 Å². The van der Waals surface area contributed by atoms with Crippen LogP contribution in [0.15, 0.2) is 24.9 Å². The minimum absolute atomic E-state index is 0.453. The van der Waals surface area contributed by atoms with Gasteiger partial charge in [0.05, 0.1) is 5.69 Å². The third-order valence-electron chi connectivity index (χ3n) is 2.98. The topological polar surface area (TPSA) is 16.1 Å². The second-order valence-electron chi connectivity index (χ2n) is 4.07. The molecule has 1 heterocycles. The summed E-state index contributed by atoms with van der Waals surface area (Å²) >= 11 is 0. The Balaban J connectivity index is 2.79. The predicted octanol–water partition coefficient (Wildman–Crippen LogP) is 3.17. The van der Waals surface area contributed by atoms with Crippen LogP contribution in [0.4, 0.5) is 0 Å². The van der Waals surface area contributed by atoms with E-state index in [0.717, 1.165) is 30.9 Å². The largest absolute Gasteiger partial charge is 0.303 e. The van der Waals surface area contributed by atoms with E-state index in [9.17, 15) is 0 Å². The van der Waals surface area contributed by atoms with Crippen LogP contribution < -0.4 is 0 Å². The fourth-order valence-corrected chi connectivity index (χ4v) is 1.97. The molecular weight excluding hydrogens is 196 g/mol. The van der Waals surface area contributed by atoms with Crippen LogP contribution >= 0.6 is 0 Å². The average Bonchev–Trinajstić information content (AvgIpc) is 2.35. The summed E-state index contributed by atoms with van der Waals surface area (Å²) < 4.78 is 0. The van der Waals surface area contributed by atoms with Gasteiger partial charge in [0.1, 0.15) is 0 Å². The van der Waals surface area contributed by atoms with Crippen LogP contribution in [0.2, 0.25) is 0 Å². The van der Waals surface area contributed by atoms with Crippen molar-refractivity contribution in [3.05, 3.63) is 36.2 Å². The molecule has 0 bridgehead atoms. The van der Waals surface area contributed by atoms with Crippen LogP contribution in [0.5, 0.6) is 0 Å². The molecule has 1 unspecified atom stereocenters. The number of pyridine rings is 1. The zero-order chi connectivity index (χ0) is 12.0. The van der Waals surface area contributed by atoms with E-state index in [-0.39, 0.29) is 0 Å². The number of hydrogen-bond acceptors (Lipinski definition) is 2. The van der Waals surface area contributed by atoms with E-state index < -0.39 is 0 Å². The highest BCUT2D eigenvalue weighted by molar-refractivity contribution is 5.50. The van der Waals surface area contributed by atoms with Crippen LogP contribution in [-0.2, 0) is 0 Å². The number of rotatable bonds is 6. The first-order valence-electron chi connectivity index (χ1n) is 6.02. The van der Waals surface area contributed by atoms with E-state index in [1.807, 2.05) is 18.3 Å². The maximum absolute atomic E-state index is 4.47. The van der Waals surface area contributed by atoms with Gasteiger partial charge in [-0.2, -0.15) is 0 Å². The maximum atomic E-state index is 4.47. The maximum Gasteiger partial charge on any atom is 0.0516 e. The molecule has 1 aromatic rings. The number of aromatic nitrogens is 1. The monoisotopic (exact) mass is 218 g/mol. The van der Waals surface area contributed by atoms with Gasteiger partial charge in [-0.3, -0.25) is 4.98 Å². The van der Waals surface area contributed by atoms with Gasteiger partial charge in [-0.25, -0.2) is 0 Å². The summed E-state index contributed by atoms with van der Waals surface area (Å²) in [6.07, 6.45) is 3.75. The zero-order valence-corrected chi connectivity index (χ0v) is 10.6. The molecule has 1 rings (SSSR count). The van der Waals surface area contributed by atoms with Crippen LogP contribution in [0.25, 0.3) is 6.08 Å². The lowest BCUT2D eigenvalue weighted by molar-refractivity contribution is 0.287. The Morgan fingerprint density at radius 2 is 2.12 bits per heavy atom. The van der Waals surface area contributed by atoms with Crippen molar-refractivity contribution in [2.75, 3.05) is 19.6 Å². The van der Waals surface area contributed by atoms with Gasteiger partial charge in [-0.05, 0) is 24.7 Å². The number of hydrogen-bond donors (Lipinski definition) is 0. The molecule has 0 aliphatic carbocycles. The summed E-state index contributed by atoms with van der Waals surface area (Å²) in [5.74, 6) is 0.453. The first kappa shape index (κ1) is 12.9. The smallest absolute Gasteiger partial charge is 0.0516 e. The normalized spacial score (nSPS) is 12.8. The molecule has 0 amide bonds. The Morgan fingerprint density at radius 3 is 2.69 bits per heavy atom. The molecule has 0 N–H and O–H groups in total. The average molecular weight is 218 g/mol. The lowest BCUT2D eigenvalue weighted by Gasteiger charge is -2.23. The summed E-state index contributed by atoms with van der Waals surface area (Å²) in [6, 6.07) is 4.04. The van der Waals surface area contributed by atoms with E-state index in [1.165, 1.54) is 0 Å². The molecule has 0 saturated heterocycles. The van der Waals surface area contributed by atoms with Gasteiger partial charge in [0, 0.05) is 18.7 Å². The third-order valence-corrected chi connectivity index (χ3v) is 2.98. The molecule has 1 atom stereocenters. The number of nitrogens with zero attached hydrogens (tertiary/aromatic N) is 2. The van der Waals surface area contributed by atoms with E-state index >= 15 is 0 Å². The van der Waals surface area contributed by atoms with Crippen molar-refractivity contribution in [1.82, 2.24) is 9.88 Å². The second kappa shape index (κ2) is 6.44. The summed E-state index contributed by atoms with van der Waals surface area (Å²) in [7, 11) is 0. The van der Waals surface area contributed by atoms with Gasteiger partial charge in [0.15, 0.2) is 0 Å². The quantitative estimate of drug-likeness (QED) is 0.729. The van der Waals surface area contributed by atoms with Crippen molar-refractivity contribution in [3.8, 4) is 0 Å². The SMILES string of the molecule is C=Cc1cccnc1C(C)CN(CC)CC. The highest BCUT2D eigenvalue weighted by Gasteiger charge is 2.12. The van der Waals surface area contributed by atoms with E-state index in [0.29, 0.717) is 5.92 Å². The molecule has 0 aliphatic heterocycles. The standard InChI is InChI=1S/C14H22N2/c1-5-13-9-8-10-15-14(13)12(4)11-16(6-2)7-3/h5,8-10,12H,1,6-7,11H2,2-4H3. The molecule has 0 aromatic carbocycles. The van der Waals surface area contributed by atoms with Gasteiger partial charge in [-0.15, -0.1) is 0 Å². The van der Waals surface area contributed by atoms with Gasteiger partial charge < -0.3 is 4.90 Å². The van der Waals surface area contributed by atoms with Crippen LogP contribution in [0, 0.1) is 0 Å². The van der Waals surface area contributed by atoms with E-state index in [1.54, 1.807) is 0 Å². The van der Waals surface area contributed by atoms with Crippen molar-refractivity contribution in [1.29, 1.82) is 0 Å². The summed E-state index contributed by atoms with van der Waals surface area (Å²) in [6.45, 7) is 13.7. The third kappa shape index (κ3) is 3.17. The molecule has 0 radical (unpaired) electrons. The van der Waals surface area contributed by atoms with Gasteiger partial charge >= 0.3 is 0 Å². The Hall–Kier alpha value is -1.15. The molecule has 2 nitrogen and oxygen atoms in total. The Bertz CT molecular complexity index is 329. The van der Waals surface area contributed by atoms with Gasteiger partial charge in [-0.1, -0.05) is 39.5 Å². The summed E-state index contributed by atoms with van der Waals surface area (Å²) in [5, 5.41) is 0.